The third kappa shape index (κ3) is 2.94. The Bertz CT molecular complexity index is 454. The van der Waals surface area contributed by atoms with Crippen LogP contribution in [0.2, 0.25) is 0 Å². The standard InChI is InChI=1S/C12H14F3N3/c1-18-6-5-16-11(18)17-8-9-3-2-4-10(7-9)12(13,14)15/h2-4,7H,5-6,8H2,1H3,(H,16,17). The summed E-state index contributed by atoms with van der Waals surface area (Å²) in [5.74, 6) is 0.729. The molecule has 0 fully saturated rings. The summed E-state index contributed by atoms with van der Waals surface area (Å²) in [7, 11) is 1.89. The number of rotatable bonds is 2. The van der Waals surface area contributed by atoms with Gasteiger partial charge in [0.25, 0.3) is 0 Å². The Labute approximate surface area is 103 Å². The molecule has 6 heteroatoms. The third-order valence-corrected chi connectivity index (χ3v) is 2.76. The fourth-order valence-electron chi connectivity index (χ4n) is 1.76. The number of hydrogen-bond acceptors (Lipinski definition) is 3. The van der Waals surface area contributed by atoms with Crippen molar-refractivity contribution >= 4 is 5.96 Å². The van der Waals surface area contributed by atoms with E-state index in [1.165, 1.54) is 6.07 Å². The van der Waals surface area contributed by atoms with Crippen molar-refractivity contribution in [2.24, 2.45) is 4.99 Å². The number of benzene rings is 1. The van der Waals surface area contributed by atoms with Crippen LogP contribution < -0.4 is 5.32 Å². The van der Waals surface area contributed by atoms with Gasteiger partial charge >= 0.3 is 6.18 Å². The van der Waals surface area contributed by atoms with Crippen molar-refractivity contribution in [2.75, 3.05) is 20.1 Å². The molecule has 1 aromatic carbocycles. The topological polar surface area (TPSA) is 27.6 Å². The largest absolute Gasteiger partial charge is 0.416 e. The lowest BCUT2D eigenvalue weighted by molar-refractivity contribution is -0.137. The van der Waals surface area contributed by atoms with Crippen molar-refractivity contribution in [1.82, 2.24) is 10.2 Å². The first-order chi connectivity index (χ1) is 8.47. The maximum absolute atomic E-state index is 12.5. The van der Waals surface area contributed by atoms with Gasteiger partial charge in [-0.25, -0.2) is 0 Å². The maximum Gasteiger partial charge on any atom is 0.416 e. The van der Waals surface area contributed by atoms with E-state index in [0.29, 0.717) is 12.1 Å². The molecule has 1 N–H and O–H groups in total. The minimum atomic E-state index is -4.29. The monoisotopic (exact) mass is 257 g/mol. The molecule has 1 aliphatic rings. The van der Waals surface area contributed by atoms with E-state index in [9.17, 15) is 13.2 Å². The zero-order chi connectivity index (χ0) is 13.2. The molecule has 0 amide bonds. The van der Waals surface area contributed by atoms with E-state index in [0.717, 1.165) is 31.2 Å². The van der Waals surface area contributed by atoms with Crippen LogP contribution in [0.5, 0.6) is 0 Å². The molecule has 18 heavy (non-hydrogen) atoms. The number of guanidine groups is 1. The van der Waals surface area contributed by atoms with Gasteiger partial charge in [0.15, 0.2) is 5.96 Å². The van der Waals surface area contributed by atoms with Crippen LogP contribution in [0.1, 0.15) is 11.1 Å². The zero-order valence-electron chi connectivity index (χ0n) is 9.96. The van der Waals surface area contributed by atoms with Crippen molar-refractivity contribution in [3.8, 4) is 0 Å². The molecular weight excluding hydrogens is 243 g/mol. The molecule has 0 bridgehead atoms. The van der Waals surface area contributed by atoms with E-state index in [4.69, 9.17) is 0 Å². The van der Waals surface area contributed by atoms with Crippen molar-refractivity contribution in [3.63, 3.8) is 0 Å². The maximum atomic E-state index is 12.5. The second kappa shape index (κ2) is 4.88. The van der Waals surface area contributed by atoms with Crippen LogP contribution in [0.15, 0.2) is 29.3 Å². The Kier molecular flexibility index (Phi) is 3.45. The smallest absolute Gasteiger partial charge is 0.352 e. The molecule has 0 unspecified atom stereocenters. The van der Waals surface area contributed by atoms with Crippen molar-refractivity contribution < 1.29 is 13.2 Å². The SMILES string of the molecule is CN1CCN=C1NCc1cccc(C(F)(F)F)c1. The summed E-state index contributed by atoms with van der Waals surface area (Å²) in [5, 5.41) is 3.03. The molecule has 0 saturated carbocycles. The van der Waals surface area contributed by atoms with Crippen molar-refractivity contribution in [2.45, 2.75) is 12.7 Å². The Morgan fingerprint density at radius 3 is 2.78 bits per heavy atom. The predicted molar refractivity (Wildman–Crippen MR) is 63.2 cm³/mol. The van der Waals surface area contributed by atoms with E-state index < -0.39 is 11.7 Å². The summed E-state index contributed by atoms with van der Waals surface area (Å²) < 4.78 is 37.6. The zero-order valence-corrected chi connectivity index (χ0v) is 9.96. The van der Waals surface area contributed by atoms with E-state index >= 15 is 0 Å². The van der Waals surface area contributed by atoms with Gasteiger partial charge in [-0.05, 0) is 17.7 Å². The minimum absolute atomic E-state index is 0.340. The van der Waals surface area contributed by atoms with E-state index in [2.05, 4.69) is 10.3 Å². The number of alkyl halides is 3. The third-order valence-electron chi connectivity index (χ3n) is 2.76. The van der Waals surface area contributed by atoms with E-state index in [-0.39, 0.29) is 0 Å². The van der Waals surface area contributed by atoms with Gasteiger partial charge in [0.05, 0.1) is 12.1 Å². The van der Waals surface area contributed by atoms with Crippen LogP contribution in [-0.2, 0) is 12.7 Å². The number of hydrogen-bond donors (Lipinski definition) is 1. The second-order valence-electron chi connectivity index (χ2n) is 4.18. The summed E-state index contributed by atoms with van der Waals surface area (Å²) in [4.78, 5) is 6.15. The lowest BCUT2D eigenvalue weighted by Crippen LogP contribution is -2.35. The Morgan fingerprint density at radius 2 is 2.17 bits per heavy atom. The predicted octanol–water partition coefficient (Wildman–Crippen LogP) is 2.10. The normalized spacial score (nSPS) is 15.8. The number of likely N-dealkylation sites (N-methyl/N-ethyl adjacent to an activating group) is 1. The summed E-state index contributed by atoms with van der Waals surface area (Å²) >= 11 is 0. The Balaban J connectivity index is 2.02. The van der Waals surface area contributed by atoms with Gasteiger partial charge < -0.3 is 10.2 Å². The minimum Gasteiger partial charge on any atom is -0.352 e. The Hall–Kier alpha value is -1.72. The lowest BCUT2D eigenvalue weighted by Gasteiger charge is -2.15. The van der Waals surface area contributed by atoms with Gasteiger partial charge in [-0.1, -0.05) is 12.1 Å². The summed E-state index contributed by atoms with van der Waals surface area (Å²) in [6.07, 6.45) is -4.29. The van der Waals surface area contributed by atoms with Gasteiger partial charge in [0.2, 0.25) is 0 Å². The highest BCUT2D eigenvalue weighted by atomic mass is 19.4. The second-order valence-corrected chi connectivity index (χ2v) is 4.18. The molecule has 0 atom stereocenters. The van der Waals surface area contributed by atoms with E-state index in [1.54, 1.807) is 6.07 Å². The van der Waals surface area contributed by atoms with Crippen LogP contribution in [0.3, 0.4) is 0 Å². The van der Waals surface area contributed by atoms with Gasteiger partial charge in [-0.15, -0.1) is 0 Å². The van der Waals surface area contributed by atoms with Crippen molar-refractivity contribution in [1.29, 1.82) is 0 Å². The molecule has 2 rings (SSSR count). The highest BCUT2D eigenvalue weighted by Gasteiger charge is 2.30. The molecule has 1 aromatic rings. The molecule has 0 saturated heterocycles. The van der Waals surface area contributed by atoms with Gasteiger partial charge in [-0.3, -0.25) is 4.99 Å². The highest BCUT2D eigenvalue weighted by Crippen LogP contribution is 2.29. The molecule has 98 valence electrons. The molecule has 0 aromatic heterocycles. The summed E-state index contributed by atoms with van der Waals surface area (Å²) in [6, 6.07) is 5.31. The van der Waals surface area contributed by atoms with E-state index in [1.807, 2.05) is 11.9 Å². The van der Waals surface area contributed by atoms with Crippen LogP contribution in [0.4, 0.5) is 13.2 Å². The van der Waals surface area contributed by atoms with Crippen LogP contribution in [-0.4, -0.2) is 31.0 Å². The molecular formula is C12H14F3N3. The number of halogens is 3. The molecule has 0 spiro atoms. The first-order valence-corrected chi connectivity index (χ1v) is 5.62. The van der Waals surface area contributed by atoms with Gasteiger partial charge in [-0.2, -0.15) is 13.2 Å². The quantitative estimate of drug-likeness (QED) is 0.878. The highest BCUT2D eigenvalue weighted by molar-refractivity contribution is 5.81. The average molecular weight is 257 g/mol. The Morgan fingerprint density at radius 1 is 1.39 bits per heavy atom. The summed E-state index contributed by atoms with van der Waals surface area (Å²) in [6.45, 7) is 1.90. The number of nitrogens with zero attached hydrogens (tertiary/aromatic N) is 2. The fourth-order valence-corrected chi connectivity index (χ4v) is 1.76. The van der Waals surface area contributed by atoms with Gasteiger partial charge in [0, 0.05) is 20.1 Å². The number of aliphatic imine (C=N–C) groups is 1. The molecule has 1 aliphatic heterocycles. The average Bonchev–Trinajstić information content (AvgIpc) is 2.72. The van der Waals surface area contributed by atoms with Gasteiger partial charge in [0.1, 0.15) is 0 Å². The number of nitrogens with one attached hydrogen (secondary N) is 1. The molecule has 3 nitrogen and oxygen atoms in total. The van der Waals surface area contributed by atoms with Crippen molar-refractivity contribution in [3.05, 3.63) is 35.4 Å². The lowest BCUT2D eigenvalue weighted by atomic mass is 10.1. The summed E-state index contributed by atoms with van der Waals surface area (Å²) in [5.41, 5.74) is -0.0312. The molecule has 0 aliphatic carbocycles. The first kappa shape index (κ1) is 12.7. The fraction of sp³-hybridized carbons (Fsp3) is 0.417. The van der Waals surface area contributed by atoms with Crippen LogP contribution in [0.25, 0.3) is 0 Å². The molecule has 1 heterocycles. The molecule has 0 radical (unpaired) electrons. The van der Waals surface area contributed by atoms with Crippen LogP contribution >= 0.6 is 0 Å². The first-order valence-electron chi connectivity index (χ1n) is 5.62. The van der Waals surface area contributed by atoms with Crippen LogP contribution in [0, 0.1) is 0 Å².